The summed E-state index contributed by atoms with van der Waals surface area (Å²) >= 11 is 0. The zero-order chi connectivity index (χ0) is 9.30. The van der Waals surface area contributed by atoms with Crippen LogP contribution in [0.5, 0.6) is 0 Å². The summed E-state index contributed by atoms with van der Waals surface area (Å²) in [7, 11) is 0. The molecule has 1 aromatic rings. The lowest BCUT2D eigenvalue weighted by Gasteiger charge is -2.02. The van der Waals surface area contributed by atoms with E-state index in [1.54, 1.807) is 10.9 Å². The highest BCUT2D eigenvalue weighted by molar-refractivity contribution is 5.97. The van der Waals surface area contributed by atoms with E-state index < -0.39 is 0 Å². The smallest absolute Gasteiger partial charge is 0.149 e. The fourth-order valence-corrected chi connectivity index (χ4v) is 0.880. The number of nitrogens with two attached hydrogens (primary N) is 2. The summed E-state index contributed by atoms with van der Waals surface area (Å²) in [5, 5.41) is 11.2. The third kappa shape index (κ3) is 1.39. The van der Waals surface area contributed by atoms with E-state index in [1.807, 2.05) is 13.8 Å². The molecule has 0 bridgehead atoms. The lowest BCUT2D eigenvalue weighted by molar-refractivity contribution is 0.531. The molecule has 0 spiro atoms. The molecule has 0 aliphatic rings. The average Bonchev–Trinajstić information content (AvgIpc) is 2.30. The molecule has 0 aliphatic carbocycles. The first kappa shape index (κ1) is 8.58. The van der Waals surface area contributed by atoms with Crippen LogP contribution in [0.25, 0.3) is 0 Å². The van der Waals surface area contributed by atoms with E-state index in [4.69, 9.17) is 16.9 Å². The Morgan fingerprint density at radius 2 is 2.25 bits per heavy atom. The number of anilines is 1. The first-order valence-corrected chi connectivity index (χ1v) is 3.71. The van der Waals surface area contributed by atoms with Crippen molar-refractivity contribution < 1.29 is 0 Å². The number of amidine groups is 1. The Morgan fingerprint density at radius 3 is 2.50 bits per heavy atom. The van der Waals surface area contributed by atoms with E-state index in [1.165, 1.54) is 0 Å². The molecule has 5 heteroatoms. The minimum Gasteiger partial charge on any atom is -0.396 e. The van der Waals surface area contributed by atoms with Crippen molar-refractivity contribution in [3.05, 3.63) is 11.9 Å². The van der Waals surface area contributed by atoms with E-state index in [0.717, 1.165) is 0 Å². The summed E-state index contributed by atoms with van der Waals surface area (Å²) in [6, 6.07) is 0.236. The Bertz CT molecular complexity index is 299. The largest absolute Gasteiger partial charge is 0.396 e. The molecule has 0 saturated carbocycles. The van der Waals surface area contributed by atoms with Gasteiger partial charge < -0.3 is 11.5 Å². The highest BCUT2D eigenvalue weighted by Gasteiger charge is 2.09. The number of nitrogens with zero attached hydrogens (tertiary/aromatic N) is 2. The maximum atomic E-state index is 7.15. The van der Waals surface area contributed by atoms with Crippen LogP contribution in [-0.2, 0) is 0 Å². The van der Waals surface area contributed by atoms with Crippen molar-refractivity contribution >= 4 is 11.5 Å². The quantitative estimate of drug-likeness (QED) is 0.437. The molecule has 0 amide bonds. The highest BCUT2D eigenvalue weighted by atomic mass is 15.3. The van der Waals surface area contributed by atoms with Gasteiger partial charge in [0.2, 0.25) is 0 Å². The fraction of sp³-hybridized carbons (Fsp3) is 0.429. The van der Waals surface area contributed by atoms with Gasteiger partial charge in [-0.15, -0.1) is 0 Å². The van der Waals surface area contributed by atoms with Gasteiger partial charge in [-0.3, -0.25) is 10.1 Å². The maximum Gasteiger partial charge on any atom is 0.149 e. The van der Waals surface area contributed by atoms with E-state index in [9.17, 15) is 0 Å². The third-order valence-electron chi connectivity index (χ3n) is 1.54. The van der Waals surface area contributed by atoms with Crippen molar-refractivity contribution in [2.75, 3.05) is 5.73 Å². The maximum absolute atomic E-state index is 7.15. The Kier molecular flexibility index (Phi) is 2.03. The van der Waals surface area contributed by atoms with Gasteiger partial charge in [-0.05, 0) is 13.8 Å². The molecule has 0 saturated heterocycles. The summed E-state index contributed by atoms with van der Waals surface area (Å²) < 4.78 is 1.69. The van der Waals surface area contributed by atoms with Crippen LogP contribution in [0.1, 0.15) is 25.6 Å². The SMILES string of the molecule is CC(C)n1cc(N)c(C(=N)N)n1. The van der Waals surface area contributed by atoms with Crippen LogP contribution >= 0.6 is 0 Å². The summed E-state index contributed by atoms with van der Waals surface area (Å²) in [5.74, 6) is -0.0908. The molecule has 12 heavy (non-hydrogen) atoms. The Hall–Kier alpha value is -1.52. The normalized spacial score (nSPS) is 10.6. The van der Waals surface area contributed by atoms with Crippen LogP contribution in [0.15, 0.2) is 6.20 Å². The van der Waals surface area contributed by atoms with Crippen molar-refractivity contribution in [3.8, 4) is 0 Å². The van der Waals surface area contributed by atoms with Crippen molar-refractivity contribution in [2.45, 2.75) is 19.9 Å². The molecule has 66 valence electrons. The molecule has 1 aromatic heterocycles. The van der Waals surface area contributed by atoms with Crippen LogP contribution in [0, 0.1) is 5.41 Å². The molecule has 0 radical (unpaired) electrons. The average molecular weight is 167 g/mol. The lowest BCUT2D eigenvalue weighted by Crippen LogP contribution is -2.14. The van der Waals surface area contributed by atoms with Crippen LogP contribution in [-0.4, -0.2) is 15.6 Å². The standard InChI is InChI=1S/C7H13N5/c1-4(2)12-3-5(8)6(11-12)7(9)10/h3-4H,8H2,1-2H3,(H3,9,10). The first-order chi connectivity index (χ1) is 5.52. The third-order valence-corrected chi connectivity index (χ3v) is 1.54. The molecule has 1 rings (SSSR count). The number of rotatable bonds is 2. The van der Waals surface area contributed by atoms with Gasteiger partial charge in [0.15, 0.2) is 0 Å². The monoisotopic (exact) mass is 167 g/mol. The van der Waals surface area contributed by atoms with Gasteiger partial charge in [-0.1, -0.05) is 0 Å². The van der Waals surface area contributed by atoms with Gasteiger partial charge in [-0.25, -0.2) is 0 Å². The second kappa shape index (κ2) is 2.84. The summed E-state index contributed by atoms with van der Waals surface area (Å²) in [4.78, 5) is 0. The second-order valence-corrected chi connectivity index (χ2v) is 2.92. The van der Waals surface area contributed by atoms with Gasteiger partial charge in [-0.2, -0.15) is 5.10 Å². The van der Waals surface area contributed by atoms with E-state index in [2.05, 4.69) is 5.10 Å². The molecule has 5 nitrogen and oxygen atoms in total. The number of aromatic nitrogens is 2. The minimum absolute atomic E-state index is 0.0908. The van der Waals surface area contributed by atoms with Crippen LogP contribution in [0.4, 0.5) is 5.69 Å². The first-order valence-electron chi connectivity index (χ1n) is 3.71. The molecule has 0 aromatic carbocycles. The summed E-state index contributed by atoms with van der Waals surface area (Å²) in [5.41, 5.74) is 11.7. The summed E-state index contributed by atoms with van der Waals surface area (Å²) in [6.45, 7) is 3.96. The van der Waals surface area contributed by atoms with Crippen LogP contribution in [0.2, 0.25) is 0 Å². The zero-order valence-corrected chi connectivity index (χ0v) is 7.20. The molecule has 0 aliphatic heterocycles. The molecule has 0 unspecified atom stereocenters. The topological polar surface area (TPSA) is 93.7 Å². The molecule has 1 heterocycles. The van der Waals surface area contributed by atoms with Crippen molar-refractivity contribution in [2.24, 2.45) is 5.73 Å². The van der Waals surface area contributed by atoms with Gasteiger partial charge >= 0.3 is 0 Å². The number of hydrogen-bond acceptors (Lipinski definition) is 3. The molecule has 0 atom stereocenters. The zero-order valence-electron chi connectivity index (χ0n) is 7.20. The van der Waals surface area contributed by atoms with E-state index >= 15 is 0 Å². The predicted molar refractivity (Wildman–Crippen MR) is 48.0 cm³/mol. The molecule has 5 N–H and O–H groups in total. The molecular formula is C7H13N5. The highest BCUT2D eigenvalue weighted by Crippen LogP contribution is 2.11. The van der Waals surface area contributed by atoms with Crippen LogP contribution in [0.3, 0.4) is 0 Å². The van der Waals surface area contributed by atoms with Gasteiger partial charge in [0, 0.05) is 12.2 Å². The Balaban J connectivity index is 3.09. The number of nitrogen functional groups attached to an aromatic ring is 2. The molecular weight excluding hydrogens is 154 g/mol. The Morgan fingerprint density at radius 1 is 1.67 bits per heavy atom. The number of nitrogens with one attached hydrogen (secondary N) is 1. The Labute approximate surface area is 70.9 Å². The van der Waals surface area contributed by atoms with Crippen molar-refractivity contribution in [1.29, 1.82) is 5.41 Å². The van der Waals surface area contributed by atoms with Crippen molar-refractivity contribution in [3.63, 3.8) is 0 Å². The van der Waals surface area contributed by atoms with E-state index in [-0.39, 0.29) is 11.9 Å². The van der Waals surface area contributed by atoms with E-state index in [0.29, 0.717) is 11.4 Å². The van der Waals surface area contributed by atoms with Gasteiger partial charge in [0.1, 0.15) is 11.5 Å². The van der Waals surface area contributed by atoms with Gasteiger partial charge in [0.25, 0.3) is 0 Å². The lowest BCUT2D eigenvalue weighted by atomic mass is 10.3. The predicted octanol–water partition coefficient (Wildman–Crippen LogP) is 0.330. The molecule has 0 fully saturated rings. The van der Waals surface area contributed by atoms with Crippen molar-refractivity contribution in [1.82, 2.24) is 9.78 Å². The number of hydrogen-bond donors (Lipinski definition) is 3. The minimum atomic E-state index is -0.0908. The summed E-state index contributed by atoms with van der Waals surface area (Å²) in [6.07, 6.45) is 1.68. The van der Waals surface area contributed by atoms with Gasteiger partial charge in [0.05, 0.1) is 5.69 Å². The van der Waals surface area contributed by atoms with Crippen LogP contribution < -0.4 is 11.5 Å². The second-order valence-electron chi connectivity index (χ2n) is 2.92. The fourth-order valence-electron chi connectivity index (χ4n) is 0.880.